The lowest BCUT2D eigenvalue weighted by Crippen LogP contribution is -2.37. The number of esters is 1. The Morgan fingerprint density at radius 1 is 1.43 bits per heavy atom. The highest BCUT2D eigenvalue weighted by Crippen LogP contribution is 2.27. The minimum Gasteiger partial charge on any atom is -0.466 e. The van der Waals surface area contributed by atoms with Gasteiger partial charge >= 0.3 is 5.97 Å². The first-order chi connectivity index (χ1) is 13.5. The van der Waals surface area contributed by atoms with Crippen LogP contribution in [0.15, 0.2) is 42.0 Å². The molecular formula is C20H26N4O4. The molecule has 28 heavy (non-hydrogen) atoms. The zero-order valence-electron chi connectivity index (χ0n) is 16.0. The van der Waals surface area contributed by atoms with E-state index in [1.165, 1.54) is 12.3 Å². The normalized spacial score (nSPS) is 17.5. The molecule has 2 amide bonds. The van der Waals surface area contributed by atoms with Crippen LogP contribution in [0.3, 0.4) is 0 Å². The molecule has 0 spiro atoms. The third-order valence-electron chi connectivity index (χ3n) is 4.50. The van der Waals surface area contributed by atoms with Gasteiger partial charge in [-0.2, -0.15) is 5.10 Å². The average Bonchev–Trinajstić information content (AvgIpc) is 3.02. The van der Waals surface area contributed by atoms with Crippen molar-refractivity contribution in [2.24, 2.45) is 16.9 Å². The summed E-state index contributed by atoms with van der Waals surface area (Å²) in [5, 5.41) is 6.19. The zero-order valence-corrected chi connectivity index (χ0v) is 16.0. The average molecular weight is 386 g/mol. The van der Waals surface area contributed by atoms with E-state index in [0.717, 1.165) is 11.3 Å². The topological polar surface area (TPSA) is 114 Å². The van der Waals surface area contributed by atoms with Crippen molar-refractivity contribution in [3.8, 4) is 0 Å². The molecule has 1 saturated heterocycles. The monoisotopic (exact) mass is 386 g/mol. The zero-order chi connectivity index (χ0) is 20.5. The van der Waals surface area contributed by atoms with Gasteiger partial charge in [-0.05, 0) is 31.0 Å². The van der Waals surface area contributed by atoms with E-state index < -0.39 is 17.9 Å². The van der Waals surface area contributed by atoms with Crippen LogP contribution in [0, 0.1) is 5.92 Å². The van der Waals surface area contributed by atoms with Crippen LogP contribution < -0.4 is 16.1 Å². The highest BCUT2D eigenvalue weighted by Gasteiger charge is 2.34. The molecule has 1 fully saturated rings. The quantitative estimate of drug-likeness (QED) is 0.219. The van der Waals surface area contributed by atoms with Gasteiger partial charge in [0.2, 0.25) is 11.8 Å². The second-order valence-corrected chi connectivity index (χ2v) is 6.47. The number of carbonyl (C=O) groups excluding carboxylic acids is 3. The minimum atomic E-state index is -0.518. The number of benzene rings is 1. The molecule has 1 aliphatic heterocycles. The lowest BCUT2D eigenvalue weighted by atomic mass is 10.0. The van der Waals surface area contributed by atoms with Crippen molar-refractivity contribution in [2.45, 2.75) is 32.2 Å². The first kappa shape index (κ1) is 21.1. The molecule has 1 heterocycles. The number of hydrogen-bond donors (Lipinski definition) is 2. The number of hydrazone groups is 1. The molecule has 1 aromatic carbocycles. The van der Waals surface area contributed by atoms with Crippen molar-refractivity contribution < 1.29 is 19.1 Å². The Bertz CT molecular complexity index is 745. The summed E-state index contributed by atoms with van der Waals surface area (Å²) >= 11 is 0. The van der Waals surface area contributed by atoms with Gasteiger partial charge in [-0.1, -0.05) is 18.2 Å². The first-order valence-electron chi connectivity index (χ1n) is 9.20. The summed E-state index contributed by atoms with van der Waals surface area (Å²) in [6, 6.07) is 6.78. The van der Waals surface area contributed by atoms with Crippen molar-refractivity contribution in [3.63, 3.8) is 0 Å². The van der Waals surface area contributed by atoms with Crippen molar-refractivity contribution in [3.05, 3.63) is 42.5 Å². The molecule has 8 heteroatoms. The highest BCUT2D eigenvalue weighted by atomic mass is 16.5. The molecule has 1 aromatic rings. The molecule has 8 nitrogen and oxygen atoms in total. The van der Waals surface area contributed by atoms with E-state index in [9.17, 15) is 14.4 Å². The summed E-state index contributed by atoms with van der Waals surface area (Å²) < 4.78 is 4.88. The lowest BCUT2D eigenvalue weighted by Gasteiger charge is -2.18. The van der Waals surface area contributed by atoms with Gasteiger partial charge in [0.1, 0.15) is 0 Å². The Kier molecular flexibility index (Phi) is 7.74. The predicted molar refractivity (Wildman–Crippen MR) is 107 cm³/mol. The molecule has 1 aliphatic rings. The lowest BCUT2D eigenvalue weighted by molar-refractivity contribution is -0.143. The Balaban J connectivity index is 1.90. The van der Waals surface area contributed by atoms with Crippen LogP contribution in [0.5, 0.6) is 0 Å². The number of nitrogens with one attached hydrogen (secondary N) is 1. The van der Waals surface area contributed by atoms with Crippen LogP contribution >= 0.6 is 0 Å². The number of nitrogens with zero attached hydrogens (tertiary/aromatic N) is 2. The Labute approximate surface area is 164 Å². The maximum absolute atomic E-state index is 12.7. The van der Waals surface area contributed by atoms with E-state index in [1.54, 1.807) is 11.8 Å². The Morgan fingerprint density at radius 2 is 2.14 bits per heavy atom. The molecule has 0 bridgehead atoms. The number of carbonyl (C=O) groups is 3. The maximum atomic E-state index is 12.7. The van der Waals surface area contributed by atoms with E-state index in [-0.39, 0.29) is 31.3 Å². The third-order valence-corrected chi connectivity index (χ3v) is 4.50. The van der Waals surface area contributed by atoms with Crippen molar-refractivity contribution >= 4 is 29.7 Å². The molecule has 0 aromatic heterocycles. The maximum Gasteiger partial charge on any atom is 0.308 e. The van der Waals surface area contributed by atoms with Crippen LogP contribution in [0.2, 0.25) is 0 Å². The predicted octanol–water partition coefficient (Wildman–Crippen LogP) is 1.35. The van der Waals surface area contributed by atoms with Gasteiger partial charge in [-0.3, -0.25) is 14.4 Å². The molecule has 3 N–H and O–H groups in total. The Morgan fingerprint density at radius 3 is 2.75 bits per heavy atom. The van der Waals surface area contributed by atoms with Gasteiger partial charge in [0.15, 0.2) is 0 Å². The molecule has 2 atom stereocenters. The van der Waals surface area contributed by atoms with Gasteiger partial charge < -0.3 is 20.8 Å². The van der Waals surface area contributed by atoms with E-state index in [1.807, 2.05) is 24.3 Å². The summed E-state index contributed by atoms with van der Waals surface area (Å²) in [6.45, 7) is 6.18. The summed E-state index contributed by atoms with van der Waals surface area (Å²) in [4.78, 5) is 38.2. The van der Waals surface area contributed by atoms with Crippen LogP contribution in [0.4, 0.5) is 5.69 Å². The number of anilines is 1. The minimum absolute atomic E-state index is 0.0201. The van der Waals surface area contributed by atoms with Gasteiger partial charge in [0.25, 0.3) is 0 Å². The third kappa shape index (κ3) is 5.67. The van der Waals surface area contributed by atoms with Gasteiger partial charge in [-0.25, -0.2) is 0 Å². The molecule has 1 unspecified atom stereocenters. The van der Waals surface area contributed by atoms with E-state index in [2.05, 4.69) is 17.0 Å². The SMILES string of the molecule is C=C[C@H](CC(=O)OCC)NC(=O)CC1CCN(c2ccc(C=NN)cc2)C1=O. The molecule has 0 aliphatic carbocycles. The second kappa shape index (κ2) is 10.2. The second-order valence-electron chi connectivity index (χ2n) is 6.47. The molecule has 0 radical (unpaired) electrons. The van der Waals surface area contributed by atoms with Crippen molar-refractivity contribution in [1.29, 1.82) is 0 Å². The molecule has 150 valence electrons. The van der Waals surface area contributed by atoms with Gasteiger partial charge in [0.05, 0.1) is 25.3 Å². The summed E-state index contributed by atoms with van der Waals surface area (Å²) in [5.74, 6) is 3.96. The molecule has 2 rings (SSSR count). The number of amides is 2. The summed E-state index contributed by atoms with van der Waals surface area (Å²) in [5.41, 5.74) is 1.61. The van der Waals surface area contributed by atoms with Gasteiger partial charge in [-0.15, -0.1) is 6.58 Å². The fourth-order valence-corrected chi connectivity index (χ4v) is 3.09. The highest BCUT2D eigenvalue weighted by molar-refractivity contribution is 5.99. The van der Waals surface area contributed by atoms with Crippen LogP contribution in [-0.4, -0.2) is 43.2 Å². The fourth-order valence-electron chi connectivity index (χ4n) is 3.09. The smallest absolute Gasteiger partial charge is 0.308 e. The summed E-state index contributed by atoms with van der Waals surface area (Å²) in [6.07, 6.45) is 3.69. The Hall–Kier alpha value is -3.16. The summed E-state index contributed by atoms with van der Waals surface area (Å²) in [7, 11) is 0. The number of nitrogens with two attached hydrogens (primary N) is 1. The van der Waals surface area contributed by atoms with E-state index in [0.29, 0.717) is 13.0 Å². The van der Waals surface area contributed by atoms with Crippen LogP contribution in [0.1, 0.15) is 31.7 Å². The largest absolute Gasteiger partial charge is 0.466 e. The number of rotatable bonds is 9. The molecular weight excluding hydrogens is 360 g/mol. The van der Waals surface area contributed by atoms with Crippen LogP contribution in [0.25, 0.3) is 0 Å². The fraction of sp³-hybridized carbons (Fsp3) is 0.400. The van der Waals surface area contributed by atoms with E-state index >= 15 is 0 Å². The number of hydrogen-bond acceptors (Lipinski definition) is 6. The number of ether oxygens (including phenoxy) is 1. The van der Waals surface area contributed by atoms with E-state index in [4.69, 9.17) is 10.6 Å². The molecule has 0 saturated carbocycles. The standard InChI is InChI=1S/C20H26N4O4/c1-3-16(12-19(26)28-4-2)23-18(25)11-15-9-10-24(20(15)27)17-7-5-14(6-8-17)13-22-21/h3,5-8,13,15-16H,1,4,9-12,21H2,2H3,(H,23,25)/t15?,16-/m1/s1. The van der Waals surface area contributed by atoms with Gasteiger partial charge in [0, 0.05) is 24.6 Å². The van der Waals surface area contributed by atoms with Crippen molar-refractivity contribution in [2.75, 3.05) is 18.1 Å². The van der Waals surface area contributed by atoms with Crippen molar-refractivity contribution in [1.82, 2.24) is 5.32 Å². The first-order valence-corrected chi connectivity index (χ1v) is 9.20. The van der Waals surface area contributed by atoms with Crippen LogP contribution in [-0.2, 0) is 19.1 Å².